The summed E-state index contributed by atoms with van der Waals surface area (Å²) in [7, 11) is 0. The van der Waals surface area contributed by atoms with Gasteiger partial charge in [-0.05, 0) is 43.4 Å². The second-order valence-electron chi connectivity index (χ2n) is 8.97. The third-order valence-electron chi connectivity index (χ3n) is 5.93. The number of aryl methyl sites for hydroxylation is 1. The number of benzene rings is 2. The standard InChI is InChI=1S/C25H24N4O2/c1-14-23-21(15-8-4-6-10-17(15)27-23)22-18(26-14)12-25(2,3)13-19(22)28-29-24(31)16-9-5-7-11-20(16)30/h4-11,27,30H,12-13H2,1-3H3,(H,29,31)/b28-19+. The number of hydrazone groups is 1. The molecule has 6 heteroatoms. The first kappa shape index (κ1) is 19.3. The lowest BCUT2D eigenvalue weighted by molar-refractivity contribution is 0.0952. The summed E-state index contributed by atoms with van der Waals surface area (Å²) in [5.41, 5.74) is 8.63. The minimum Gasteiger partial charge on any atom is -0.507 e. The number of hydrogen-bond acceptors (Lipinski definition) is 4. The molecule has 0 spiro atoms. The van der Waals surface area contributed by atoms with Crippen molar-refractivity contribution in [1.82, 2.24) is 15.4 Å². The number of para-hydroxylation sites is 2. The number of phenols is 1. The highest BCUT2D eigenvalue weighted by atomic mass is 16.3. The zero-order chi connectivity index (χ0) is 21.8. The van der Waals surface area contributed by atoms with Crippen LogP contribution in [0.5, 0.6) is 5.75 Å². The minimum absolute atomic E-state index is 0.0370. The van der Waals surface area contributed by atoms with Crippen molar-refractivity contribution in [2.24, 2.45) is 10.5 Å². The van der Waals surface area contributed by atoms with Crippen molar-refractivity contribution >= 4 is 33.4 Å². The largest absolute Gasteiger partial charge is 0.507 e. The van der Waals surface area contributed by atoms with Crippen LogP contribution < -0.4 is 5.43 Å². The molecule has 0 atom stereocenters. The van der Waals surface area contributed by atoms with Crippen molar-refractivity contribution in [3.63, 3.8) is 0 Å². The fourth-order valence-corrected chi connectivity index (χ4v) is 4.57. The van der Waals surface area contributed by atoms with Crippen LogP contribution in [0.15, 0.2) is 53.6 Å². The Labute approximate surface area is 180 Å². The second kappa shape index (κ2) is 6.94. The van der Waals surface area contributed by atoms with E-state index < -0.39 is 5.91 Å². The Morgan fingerprint density at radius 2 is 1.87 bits per heavy atom. The molecule has 1 aliphatic rings. The van der Waals surface area contributed by atoms with Gasteiger partial charge in [0, 0.05) is 21.9 Å². The number of amides is 1. The summed E-state index contributed by atoms with van der Waals surface area (Å²) in [4.78, 5) is 21.1. The first-order valence-electron chi connectivity index (χ1n) is 10.4. The van der Waals surface area contributed by atoms with Gasteiger partial charge in [0.1, 0.15) is 5.75 Å². The predicted molar refractivity (Wildman–Crippen MR) is 123 cm³/mol. The fraction of sp³-hybridized carbons (Fsp3) is 0.240. The van der Waals surface area contributed by atoms with Gasteiger partial charge in [-0.15, -0.1) is 0 Å². The lowest BCUT2D eigenvalue weighted by Crippen LogP contribution is -2.31. The molecule has 3 N–H and O–H groups in total. The van der Waals surface area contributed by atoms with E-state index in [0.717, 1.165) is 50.9 Å². The van der Waals surface area contributed by atoms with Crippen LogP contribution in [0.1, 0.15) is 47.6 Å². The molecule has 1 amide bonds. The number of hydrogen-bond donors (Lipinski definition) is 3. The van der Waals surface area contributed by atoms with Crippen molar-refractivity contribution in [1.29, 1.82) is 0 Å². The average Bonchev–Trinajstić information content (AvgIpc) is 3.11. The van der Waals surface area contributed by atoms with Crippen molar-refractivity contribution < 1.29 is 9.90 Å². The van der Waals surface area contributed by atoms with Crippen LogP contribution in [-0.2, 0) is 6.42 Å². The number of carbonyl (C=O) groups is 1. The van der Waals surface area contributed by atoms with Crippen LogP contribution in [0.25, 0.3) is 21.8 Å². The van der Waals surface area contributed by atoms with Crippen molar-refractivity contribution in [2.45, 2.75) is 33.6 Å². The number of H-pyrrole nitrogens is 1. The van der Waals surface area contributed by atoms with E-state index in [2.05, 4.69) is 41.5 Å². The second-order valence-corrected chi connectivity index (χ2v) is 8.97. The first-order chi connectivity index (χ1) is 14.8. The molecule has 1 aliphatic carbocycles. The number of aromatic nitrogens is 2. The molecule has 2 heterocycles. The van der Waals surface area contributed by atoms with E-state index in [0.29, 0.717) is 6.42 Å². The maximum absolute atomic E-state index is 12.7. The summed E-state index contributed by atoms with van der Waals surface area (Å²) < 4.78 is 0. The highest BCUT2D eigenvalue weighted by Gasteiger charge is 2.33. The molecular formula is C25H24N4O2. The molecule has 2 aromatic carbocycles. The minimum atomic E-state index is -0.439. The number of fused-ring (bicyclic) bond motifs is 5. The van der Waals surface area contributed by atoms with Gasteiger partial charge in [-0.3, -0.25) is 9.78 Å². The maximum Gasteiger partial charge on any atom is 0.275 e. The Morgan fingerprint density at radius 1 is 1.13 bits per heavy atom. The van der Waals surface area contributed by atoms with E-state index >= 15 is 0 Å². The molecule has 0 unspecified atom stereocenters. The summed E-state index contributed by atoms with van der Waals surface area (Å²) in [6.07, 6.45) is 1.55. The zero-order valence-corrected chi connectivity index (χ0v) is 17.8. The summed E-state index contributed by atoms with van der Waals surface area (Å²) in [5.74, 6) is -0.508. The monoisotopic (exact) mass is 412 g/mol. The maximum atomic E-state index is 12.7. The summed E-state index contributed by atoms with van der Waals surface area (Å²) in [6, 6.07) is 14.7. The summed E-state index contributed by atoms with van der Waals surface area (Å²) in [6.45, 7) is 6.40. The van der Waals surface area contributed by atoms with Gasteiger partial charge in [-0.1, -0.05) is 44.2 Å². The Hall–Kier alpha value is -3.67. The number of aromatic hydroxyl groups is 1. The highest BCUT2D eigenvalue weighted by Crippen LogP contribution is 2.40. The molecule has 0 radical (unpaired) electrons. The Kier molecular flexibility index (Phi) is 4.32. The molecular weight excluding hydrogens is 388 g/mol. The van der Waals surface area contributed by atoms with Crippen LogP contribution in [-0.4, -0.2) is 26.7 Å². The van der Waals surface area contributed by atoms with Gasteiger partial charge < -0.3 is 10.1 Å². The van der Waals surface area contributed by atoms with E-state index in [4.69, 9.17) is 4.98 Å². The summed E-state index contributed by atoms with van der Waals surface area (Å²) >= 11 is 0. The molecule has 31 heavy (non-hydrogen) atoms. The van der Waals surface area contributed by atoms with Crippen LogP contribution in [0.4, 0.5) is 0 Å². The number of aromatic amines is 1. The summed E-state index contributed by atoms with van der Waals surface area (Å²) in [5, 5.41) is 16.8. The van der Waals surface area contributed by atoms with Crippen LogP contribution in [0.2, 0.25) is 0 Å². The van der Waals surface area contributed by atoms with E-state index in [1.165, 1.54) is 6.07 Å². The lowest BCUT2D eigenvalue weighted by Gasteiger charge is -2.32. The van der Waals surface area contributed by atoms with Crippen LogP contribution >= 0.6 is 0 Å². The lowest BCUT2D eigenvalue weighted by atomic mass is 9.74. The van der Waals surface area contributed by atoms with Gasteiger partial charge in [-0.25, -0.2) is 5.43 Å². The molecule has 156 valence electrons. The Morgan fingerprint density at radius 3 is 2.68 bits per heavy atom. The number of rotatable bonds is 2. The quantitative estimate of drug-likeness (QED) is 0.412. The fourth-order valence-electron chi connectivity index (χ4n) is 4.57. The van der Waals surface area contributed by atoms with E-state index in [1.54, 1.807) is 18.2 Å². The first-order valence-corrected chi connectivity index (χ1v) is 10.4. The van der Waals surface area contributed by atoms with Gasteiger partial charge in [-0.2, -0.15) is 5.10 Å². The number of nitrogens with zero attached hydrogens (tertiary/aromatic N) is 2. The molecule has 2 aromatic heterocycles. The SMILES string of the molecule is Cc1nc2c(c3c1[nH]c1ccccc13)/C(=N/NC(=O)c1ccccc1O)CC(C)(C)C2. The van der Waals surface area contributed by atoms with E-state index in [-0.39, 0.29) is 16.7 Å². The number of pyridine rings is 1. The molecule has 0 saturated heterocycles. The van der Waals surface area contributed by atoms with Crippen molar-refractivity contribution in [3.8, 4) is 5.75 Å². The molecule has 0 fully saturated rings. The molecule has 5 rings (SSSR count). The van der Waals surface area contributed by atoms with Crippen LogP contribution in [0, 0.1) is 12.3 Å². The van der Waals surface area contributed by atoms with Crippen LogP contribution in [0.3, 0.4) is 0 Å². The third kappa shape index (κ3) is 3.24. The highest BCUT2D eigenvalue weighted by molar-refractivity contribution is 6.21. The normalized spacial score (nSPS) is 16.5. The van der Waals surface area contributed by atoms with E-state index in [9.17, 15) is 9.90 Å². The molecule has 4 aromatic rings. The topological polar surface area (TPSA) is 90.4 Å². The zero-order valence-electron chi connectivity index (χ0n) is 17.8. The van der Waals surface area contributed by atoms with Gasteiger partial charge >= 0.3 is 0 Å². The van der Waals surface area contributed by atoms with Gasteiger partial charge in [0.25, 0.3) is 5.91 Å². The molecule has 0 saturated carbocycles. The van der Waals surface area contributed by atoms with Gasteiger partial charge in [0.05, 0.1) is 28.2 Å². The Balaban J connectivity index is 1.69. The molecule has 0 aliphatic heterocycles. The predicted octanol–water partition coefficient (Wildman–Crippen LogP) is 4.84. The van der Waals surface area contributed by atoms with Gasteiger partial charge in [0.2, 0.25) is 0 Å². The average molecular weight is 412 g/mol. The number of phenolic OH excluding ortho intramolecular Hbond substituents is 1. The third-order valence-corrected chi connectivity index (χ3v) is 5.93. The Bertz CT molecular complexity index is 1380. The van der Waals surface area contributed by atoms with Crippen molar-refractivity contribution in [2.75, 3.05) is 0 Å². The van der Waals surface area contributed by atoms with Crippen molar-refractivity contribution in [3.05, 3.63) is 71.0 Å². The van der Waals surface area contributed by atoms with E-state index in [1.807, 2.05) is 19.1 Å². The molecule has 6 nitrogen and oxygen atoms in total. The van der Waals surface area contributed by atoms with Gasteiger partial charge in [0.15, 0.2) is 0 Å². The number of carbonyl (C=O) groups excluding carboxylic acids is 1. The number of nitrogens with one attached hydrogen (secondary N) is 2. The smallest absolute Gasteiger partial charge is 0.275 e. The molecule has 0 bridgehead atoms.